The maximum absolute atomic E-state index is 11.9. The molecule has 2 rings (SSSR count). The molecule has 2 N–H and O–H groups in total. The van der Waals surface area contributed by atoms with Gasteiger partial charge in [0, 0.05) is 19.5 Å². The Kier molecular flexibility index (Phi) is 3.82. The third kappa shape index (κ3) is 2.74. The van der Waals surface area contributed by atoms with E-state index in [0.29, 0.717) is 24.2 Å². The summed E-state index contributed by atoms with van der Waals surface area (Å²) in [6.07, 6.45) is 2.37. The van der Waals surface area contributed by atoms with Crippen molar-refractivity contribution in [2.45, 2.75) is 32.3 Å². The standard InChI is InChI=1S/C12H22N2O2/c1-9(15)11-2-4-14(5-3-11)12(16)6-10-7-13-8-10/h9-11,13,15H,2-8H2,1H3. The van der Waals surface area contributed by atoms with Gasteiger partial charge in [0.2, 0.25) is 5.91 Å². The van der Waals surface area contributed by atoms with Crippen LogP contribution < -0.4 is 5.32 Å². The lowest BCUT2D eigenvalue weighted by Crippen LogP contribution is -2.47. The lowest BCUT2D eigenvalue weighted by molar-refractivity contribution is -0.134. The van der Waals surface area contributed by atoms with Crippen molar-refractivity contribution in [1.29, 1.82) is 0 Å². The van der Waals surface area contributed by atoms with Crippen molar-refractivity contribution in [3.63, 3.8) is 0 Å². The summed E-state index contributed by atoms with van der Waals surface area (Å²) < 4.78 is 0. The molecule has 1 atom stereocenters. The van der Waals surface area contributed by atoms with Gasteiger partial charge in [-0.25, -0.2) is 0 Å². The lowest BCUT2D eigenvalue weighted by atomic mass is 9.91. The van der Waals surface area contributed by atoms with Crippen LogP contribution in [0, 0.1) is 11.8 Å². The highest BCUT2D eigenvalue weighted by Crippen LogP contribution is 2.22. The summed E-state index contributed by atoms with van der Waals surface area (Å²) in [5.41, 5.74) is 0. The summed E-state index contributed by atoms with van der Waals surface area (Å²) in [7, 11) is 0. The molecule has 0 saturated carbocycles. The first-order valence-corrected chi connectivity index (χ1v) is 6.33. The summed E-state index contributed by atoms with van der Waals surface area (Å²) in [6.45, 7) is 5.50. The number of rotatable bonds is 3. The Hall–Kier alpha value is -0.610. The number of nitrogens with one attached hydrogen (secondary N) is 1. The molecule has 16 heavy (non-hydrogen) atoms. The van der Waals surface area contributed by atoms with Gasteiger partial charge < -0.3 is 15.3 Å². The Morgan fingerprint density at radius 3 is 2.50 bits per heavy atom. The zero-order valence-corrected chi connectivity index (χ0v) is 9.98. The first-order valence-electron chi connectivity index (χ1n) is 6.33. The molecule has 2 aliphatic heterocycles. The summed E-state index contributed by atoms with van der Waals surface area (Å²) in [4.78, 5) is 13.9. The molecular weight excluding hydrogens is 204 g/mol. The second kappa shape index (κ2) is 5.15. The van der Waals surface area contributed by atoms with Crippen LogP contribution in [0.1, 0.15) is 26.2 Å². The average Bonchev–Trinajstić information content (AvgIpc) is 2.23. The van der Waals surface area contributed by atoms with Crippen molar-refractivity contribution in [2.24, 2.45) is 11.8 Å². The summed E-state index contributed by atoms with van der Waals surface area (Å²) in [6, 6.07) is 0. The normalized spacial score (nSPS) is 25.2. The highest BCUT2D eigenvalue weighted by Gasteiger charge is 2.28. The molecule has 2 aliphatic rings. The van der Waals surface area contributed by atoms with E-state index < -0.39 is 0 Å². The van der Waals surface area contributed by atoms with Gasteiger partial charge in [0.25, 0.3) is 0 Å². The van der Waals surface area contributed by atoms with Crippen LogP contribution in [0.2, 0.25) is 0 Å². The van der Waals surface area contributed by atoms with E-state index in [0.717, 1.165) is 39.0 Å². The van der Waals surface area contributed by atoms with Crippen LogP contribution in [0.25, 0.3) is 0 Å². The largest absolute Gasteiger partial charge is 0.393 e. The molecule has 0 aromatic rings. The molecule has 2 heterocycles. The molecule has 2 fully saturated rings. The zero-order valence-electron chi connectivity index (χ0n) is 9.98. The van der Waals surface area contributed by atoms with Crippen molar-refractivity contribution in [1.82, 2.24) is 10.2 Å². The monoisotopic (exact) mass is 226 g/mol. The predicted octanol–water partition coefficient (Wildman–Crippen LogP) is 0.215. The molecule has 1 amide bonds. The van der Waals surface area contributed by atoms with Gasteiger partial charge in [-0.3, -0.25) is 4.79 Å². The van der Waals surface area contributed by atoms with Crippen molar-refractivity contribution in [2.75, 3.05) is 26.2 Å². The number of amides is 1. The van der Waals surface area contributed by atoms with E-state index in [1.165, 1.54) is 0 Å². The lowest BCUT2D eigenvalue weighted by Gasteiger charge is -2.35. The third-order valence-electron chi connectivity index (χ3n) is 3.90. The van der Waals surface area contributed by atoms with Gasteiger partial charge in [-0.2, -0.15) is 0 Å². The first kappa shape index (κ1) is 11.9. The van der Waals surface area contributed by atoms with Crippen LogP contribution in [0.4, 0.5) is 0 Å². The molecule has 0 aromatic heterocycles. The first-order chi connectivity index (χ1) is 7.66. The molecule has 4 nitrogen and oxygen atoms in total. The Morgan fingerprint density at radius 1 is 1.44 bits per heavy atom. The fourth-order valence-electron chi connectivity index (χ4n) is 2.50. The fourth-order valence-corrected chi connectivity index (χ4v) is 2.50. The predicted molar refractivity (Wildman–Crippen MR) is 62.0 cm³/mol. The molecule has 0 spiro atoms. The smallest absolute Gasteiger partial charge is 0.222 e. The summed E-state index contributed by atoms with van der Waals surface area (Å²) in [5, 5.41) is 12.7. The van der Waals surface area contributed by atoms with E-state index in [1.807, 2.05) is 11.8 Å². The number of hydrogen-bond acceptors (Lipinski definition) is 3. The van der Waals surface area contributed by atoms with Gasteiger partial charge >= 0.3 is 0 Å². The second-order valence-corrected chi connectivity index (χ2v) is 5.19. The molecule has 0 aromatic carbocycles. The van der Waals surface area contributed by atoms with Gasteiger partial charge in [0.1, 0.15) is 0 Å². The minimum Gasteiger partial charge on any atom is -0.393 e. The Labute approximate surface area is 97.0 Å². The third-order valence-corrected chi connectivity index (χ3v) is 3.90. The quantitative estimate of drug-likeness (QED) is 0.723. The SMILES string of the molecule is CC(O)C1CCN(C(=O)CC2CNC2)CC1. The van der Waals surface area contributed by atoms with Gasteiger partial charge in [-0.1, -0.05) is 0 Å². The molecule has 4 heteroatoms. The molecule has 0 aliphatic carbocycles. The topological polar surface area (TPSA) is 52.6 Å². The number of carbonyl (C=O) groups is 1. The van der Waals surface area contributed by atoms with Crippen molar-refractivity contribution < 1.29 is 9.90 Å². The molecule has 2 saturated heterocycles. The zero-order chi connectivity index (χ0) is 11.5. The van der Waals surface area contributed by atoms with Gasteiger partial charge in [-0.05, 0) is 44.7 Å². The van der Waals surface area contributed by atoms with Crippen LogP contribution in [0.5, 0.6) is 0 Å². The van der Waals surface area contributed by atoms with Gasteiger partial charge in [0.05, 0.1) is 6.10 Å². The molecule has 92 valence electrons. The van der Waals surface area contributed by atoms with E-state index in [-0.39, 0.29) is 6.10 Å². The van der Waals surface area contributed by atoms with Crippen LogP contribution >= 0.6 is 0 Å². The van der Waals surface area contributed by atoms with Gasteiger partial charge in [-0.15, -0.1) is 0 Å². The van der Waals surface area contributed by atoms with E-state index in [4.69, 9.17) is 0 Å². The number of aliphatic hydroxyl groups excluding tert-OH is 1. The number of piperidine rings is 1. The maximum Gasteiger partial charge on any atom is 0.222 e. The van der Waals surface area contributed by atoms with E-state index in [1.54, 1.807) is 0 Å². The van der Waals surface area contributed by atoms with E-state index in [2.05, 4.69) is 5.32 Å². The highest BCUT2D eigenvalue weighted by atomic mass is 16.3. The van der Waals surface area contributed by atoms with E-state index >= 15 is 0 Å². The summed E-state index contributed by atoms with van der Waals surface area (Å²) >= 11 is 0. The van der Waals surface area contributed by atoms with Crippen LogP contribution in [0.3, 0.4) is 0 Å². The highest BCUT2D eigenvalue weighted by molar-refractivity contribution is 5.76. The van der Waals surface area contributed by atoms with Gasteiger partial charge in [0.15, 0.2) is 0 Å². The average molecular weight is 226 g/mol. The second-order valence-electron chi connectivity index (χ2n) is 5.19. The number of hydrogen-bond donors (Lipinski definition) is 2. The Bertz CT molecular complexity index is 243. The molecular formula is C12H22N2O2. The van der Waals surface area contributed by atoms with Crippen LogP contribution in [0.15, 0.2) is 0 Å². The molecule has 0 radical (unpaired) electrons. The number of carbonyl (C=O) groups excluding carboxylic acids is 1. The molecule has 0 bridgehead atoms. The Balaban J connectivity index is 1.72. The minimum atomic E-state index is -0.229. The molecule has 1 unspecified atom stereocenters. The summed E-state index contributed by atoms with van der Waals surface area (Å²) in [5.74, 6) is 1.24. The number of nitrogens with zero attached hydrogens (tertiary/aromatic N) is 1. The van der Waals surface area contributed by atoms with Crippen molar-refractivity contribution >= 4 is 5.91 Å². The number of likely N-dealkylation sites (tertiary alicyclic amines) is 1. The maximum atomic E-state index is 11.9. The fraction of sp³-hybridized carbons (Fsp3) is 0.917. The van der Waals surface area contributed by atoms with Crippen molar-refractivity contribution in [3.8, 4) is 0 Å². The van der Waals surface area contributed by atoms with Crippen LogP contribution in [-0.4, -0.2) is 48.2 Å². The minimum absolute atomic E-state index is 0.229. The van der Waals surface area contributed by atoms with Crippen LogP contribution in [-0.2, 0) is 4.79 Å². The van der Waals surface area contributed by atoms with E-state index in [9.17, 15) is 9.90 Å². The Morgan fingerprint density at radius 2 is 2.06 bits per heavy atom. The number of aliphatic hydroxyl groups is 1. The van der Waals surface area contributed by atoms with Crippen molar-refractivity contribution in [3.05, 3.63) is 0 Å².